The normalized spacial score (nSPS) is 11.8. The average Bonchev–Trinajstić information content (AvgIpc) is 2.56. The smallest absolute Gasteiger partial charge is 0.265 e. The molecule has 0 spiro atoms. The SMILES string of the molecule is CCSc1ccccc1NC(=O)[C@@H](CC)Oc1ccc(C)cc1. The molecule has 0 unspecified atom stereocenters. The molecule has 2 aromatic rings. The molecule has 0 fully saturated rings. The predicted molar refractivity (Wildman–Crippen MR) is 97.4 cm³/mol. The number of ether oxygens (including phenoxy) is 1. The van der Waals surface area contributed by atoms with Crippen molar-refractivity contribution in [3.05, 3.63) is 54.1 Å². The van der Waals surface area contributed by atoms with Gasteiger partial charge in [-0.15, -0.1) is 11.8 Å². The summed E-state index contributed by atoms with van der Waals surface area (Å²) in [6.07, 6.45) is 0.111. The van der Waals surface area contributed by atoms with Gasteiger partial charge in [0, 0.05) is 4.90 Å². The topological polar surface area (TPSA) is 38.3 Å². The van der Waals surface area contributed by atoms with Crippen molar-refractivity contribution in [1.82, 2.24) is 0 Å². The fourth-order valence-corrected chi connectivity index (χ4v) is 2.93. The fourth-order valence-electron chi connectivity index (χ4n) is 2.17. The number of hydrogen-bond donors (Lipinski definition) is 1. The van der Waals surface area contributed by atoms with Crippen LogP contribution >= 0.6 is 11.8 Å². The third-order valence-electron chi connectivity index (χ3n) is 3.41. The Balaban J connectivity index is 2.06. The molecule has 122 valence electrons. The highest BCUT2D eigenvalue weighted by molar-refractivity contribution is 7.99. The lowest BCUT2D eigenvalue weighted by Crippen LogP contribution is -2.32. The maximum absolute atomic E-state index is 12.5. The van der Waals surface area contributed by atoms with Gasteiger partial charge in [-0.3, -0.25) is 4.79 Å². The molecule has 1 amide bonds. The molecule has 0 aromatic heterocycles. The molecule has 0 aliphatic carbocycles. The molecular formula is C19H23NO2S. The lowest BCUT2D eigenvalue weighted by molar-refractivity contribution is -0.122. The van der Waals surface area contributed by atoms with Crippen molar-refractivity contribution < 1.29 is 9.53 Å². The maximum atomic E-state index is 12.5. The summed E-state index contributed by atoms with van der Waals surface area (Å²) in [7, 11) is 0. The van der Waals surface area contributed by atoms with Crippen LogP contribution in [0.5, 0.6) is 5.75 Å². The highest BCUT2D eigenvalue weighted by atomic mass is 32.2. The summed E-state index contributed by atoms with van der Waals surface area (Å²) in [5.41, 5.74) is 2.01. The molecule has 0 aliphatic heterocycles. The van der Waals surface area contributed by atoms with Crippen LogP contribution in [-0.4, -0.2) is 17.8 Å². The molecule has 2 rings (SSSR count). The van der Waals surface area contributed by atoms with Crippen molar-refractivity contribution in [1.29, 1.82) is 0 Å². The lowest BCUT2D eigenvalue weighted by Gasteiger charge is -2.18. The van der Waals surface area contributed by atoms with Gasteiger partial charge in [0.2, 0.25) is 0 Å². The van der Waals surface area contributed by atoms with Crippen LogP contribution in [0.3, 0.4) is 0 Å². The zero-order chi connectivity index (χ0) is 16.7. The van der Waals surface area contributed by atoms with Crippen LogP contribution < -0.4 is 10.1 Å². The van der Waals surface area contributed by atoms with E-state index in [-0.39, 0.29) is 5.91 Å². The minimum absolute atomic E-state index is 0.114. The van der Waals surface area contributed by atoms with Gasteiger partial charge >= 0.3 is 0 Å². The Morgan fingerprint density at radius 2 is 1.83 bits per heavy atom. The number of carbonyl (C=O) groups excluding carboxylic acids is 1. The molecule has 4 heteroatoms. The van der Waals surface area contributed by atoms with Crippen LogP contribution in [0.4, 0.5) is 5.69 Å². The Morgan fingerprint density at radius 3 is 2.48 bits per heavy atom. The Hall–Kier alpha value is -1.94. The lowest BCUT2D eigenvalue weighted by atomic mass is 10.2. The van der Waals surface area contributed by atoms with Crippen molar-refractivity contribution in [3.8, 4) is 5.75 Å². The van der Waals surface area contributed by atoms with E-state index in [0.717, 1.165) is 16.3 Å². The fraction of sp³-hybridized carbons (Fsp3) is 0.316. The van der Waals surface area contributed by atoms with E-state index in [9.17, 15) is 4.79 Å². The number of carbonyl (C=O) groups is 1. The van der Waals surface area contributed by atoms with Gasteiger partial charge < -0.3 is 10.1 Å². The number of nitrogens with one attached hydrogen (secondary N) is 1. The molecule has 0 saturated carbocycles. The molecule has 0 radical (unpaired) electrons. The molecule has 1 atom stereocenters. The molecule has 0 bridgehead atoms. The number of anilines is 1. The van der Waals surface area contributed by atoms with Crippen molar-refractivity contribution in [2.24, 2.45) is 0 Å². The molecular weight excluding hydrogens is 306 g/mol. The van der Waals surface area contributed by atoms with Crippen LogP contribution in [0.1, 0.15) is 25.8 Å². The second-order valence-electron chi connectivity index (χ2n) is 5.25. The quantitative estimate of drug-likeness (QED) is 0.734. The van der Waals surface area contributed by atoms with Gasteiger partial charge in [-0.25, -0.2) is 0 Å². The highest BCUT2D eigenvalue weighted by Gasteiger charge is 2.19. The first kappa shape index (κ1) is 17.4. The summed E-state index contributed by atoms with van der Waals surface area (Å²) in [5.74, 6) is 1.57. The van der Waals surface area contributed by atoms with Crippen molar-refractivity contribution in [3.63, 3.8) is 0 Å². The standard InChI is InChI=1S/C19H23NO2S/c1-4-17(22-15-12-10-14(3)11-13-15)19(21)20-16-8-6-7-9-18(16)23-5-2/h6-13,17H,4-5H2,1-3H3,(H,20,21)/t17-/m1/s1. The molecule has 3 nitrogen and oxygen atoms in total. The van der Waals surface area contributed by atoms with Crippen molar-refractivity contribution >= 4 is 23.4 Å². The number of aryl methyl sites for hydroxylation is 1. The summed E-state index contributed by atoms with van der Waals surface area (Å²) in [4.78, 5) is 13.6. The molecule has 0 heterocycles. The van der Waals surface area contributed by atoms with E-state index in [4.69, 9.17) is 4.74 Å². The Kier molecular flexibility index (Phi) is 6.53. The minimum atomic E-state index is -0.502. The van der Waals surface area contributed by atoms with Gasteiger partial charge in [-0.1, -0.05) is 43.7 Å². The Morgan fingerprint density at radius 1 is 1.13 bits per heavy atom. The molecule has 2 aromatic carbocycles. The first-order chi connectivity index (χ1) is 11.1. The van der Waals surface area contributed by atoms with Crippen molar-refractivity contribution in [2.75, 3.05) is 11.1 Å². The molecule has 23 heavy (non-hydrogen) atoms. The number of benzene rings is 2. The van der Waals surface area contributed by atoms with E-state index < -0.39 is 6.10 Å². The molecule has 0 aliphatic rings. The summed E-state index contributed by atoms with van der Waals surface area (Å²) < 4.78 is 5.83. The number of para-hydroxylation sites is 1. The zero-order valence-corrected chi connectivity index (χ0v) is 14.7. The number of amides is 1. The van der Waals surface area contributed by atoms with Gasteiger partial charge in [-0.05, 0) is 43.4 Å². The van der Waals surface area contributed by atoms with Gasteiger partial charge in [0.25, 0.3) is 5.91 Å². The van der Waals surface area contributed by atoms with Gasteiger partial charge in [0.05, 0.1) is 5.69 Å². The average molecular weight is 329 g/mol. The van der Waals surface area contributed by atoms with E-state index in [1.54, 1.807) is 11.8 Å². The van der Waals surface area contributed by atoms with Gasteiger partial charge in [-0.2, -0.15) is 0 Å². The largest absolute Gasteiger partial charge is 0.481 e. The number of thioether (sulfide) groups is 1. The number of hydrogen-bond acceptors (Lipinski definition) is 3. The van der Waals surface area contributed by atoms with E-state index in [2.05, 4.69) is 12.2 Å². The summed E-state index contributed by atoms with van der Waals surface area (Å²) in [6.45, 7) is 6.07. The van der Waals surface area contributed by atoms with Crippen LogP contribution in [0.15, 0.2) is 53.4 Å². The van der Waals surface area contributed by atoms with Crippen LogP contribution in [0, 0.1) is 6.92 Å². The second kappa shape index (κ2) is 8.63. The second-order valence-corrected chi connectivity index (χ2v) is 6.55. The third kappa shape index (κ3) is 5.03. The zero-order valence-electron chi connectivity index (χ0n) is 13.8. The monoisotopic (exact) mass is 329 g/mol. The van der Waals surface area contributed by atoms with Crippen LogP contribution in [0.2, 0.25) is 0 Å². The first-order valence-corrected chi connectivity index (χ1v) is 8.88. The summed E-state index contributed by atoms with van der Waals surface area (Å²) >= 11 is 1.71. The Bertz CT molecular complexity index is 640. The minimum Gasteiger partial charge on any atom is -0.481 e. The Labute approximate surface area is 142 Å². The van der Waals surface area contributed by atoms with Crippen molar-refractivity contribution in [2.45, 2.75) is 38.2 Å². The summed E-state index contributed by atoms with van der Waals surface area (Å²) in [5, 5.41) is 2.99. The predicted octanol–water partition coefficient (Wildman–Crippen LogP) is 4.90. The van der Waals surface area contributed by atoms with E-state index in [0.29, 0.717) is 12.2 Å². The molecule has 1 N–H and O–H groups in total. The maximum Gasteiger partial charge on any atom is 0.265 e. The number of rotatable bonds is 7. The van der Waals surface area contributed by atoms with E-state index in [1.807, 2.05) is 62.4 Å². The molecule has 0 saturated heterocycles. The first-order valence-electron chi connectivity index (χ1n) is 7.90. The van der Waals surface area contributed by atoms with Gasteiger partial charge in [0.15, 0.2) is 6.10 Å². The third-order valence-corrected chi connectivity index (χ3v) is 4.36. The van der Waals surface area contributed by atoms with Gasteiger partial charge in [0.1, 0.15) is 5.75 Å². The van der Waals surface area contributed by atoms with Crippen LogP contribution in [-0.2, 0) is 4.79 Å². The van der Waals surface area contributed by atoms with E-state index in [1.165, 1.54) is 5.56 Å². The summed E-state index contributed by atoms with van der Waals surface area (Å²) in [6, 6.07) is 15.6. The van der Waals surface area contributed by atoms with E-state index >= 15 is 0 Å². The highest BCUT2D eigenvalue weighted by Crippen LogP contribution is 2.27. The van der Waals surface area contributed by atoms with Crippen LogP contribution in [0.25, 0.3) is 0 Å².